The van der Waals surface area contributed by atoms with Crippen LogP contribution in [0.1, 0.15) is 42.3 Å². The SMILES string of the molecule is CCOCC(C)(NC)c1nc2c(s1)CCCC2. The van der Waals surface area contributed by atoms with Crippen LogP contribution in [0.15, 0.2) is 0 Å². The monoisotopic (exact) mass is 254 g/mol. The first-order chi connectivity index (χ1) is 8.19. The van der Waals surface area contributed by atoms with Crippen LogP contribution in [0.2, 0.25) is 0 Å². The maximum absolute atomic E-state index is 5.58. The molecule has 3 nitrogen and oxygen atoms in total. The van der Waals surface area contributed by atoms with E-state index in [1.165, 1.54) is 34.8 Å². The van der Waals surface area contributed by atoms with E-state index in [9.17, 15) is 0 Å². The number of aryl methyl sites for hydroxylation is 2. The number of thiazole rings is 1. The lowest BCUT2D eigenvalue weighted by molar-refractivity contribution is 0.0868. The quantitative estimate of drug-likeness (QED) is 0.876. The number of likely N-dealkylation sites (N-methyl/N-ethyl adjacent to an activating group) is 1. The number of nitrogens with one attached hydrogen (secondary N) is 1. The highest BCUT2D eigenvalue weighted by Crippen LogP contribution is 2.32. The molecule has 0 bridgehead atoms. The normalized spacial score (nSPS) is 18.8. The standard InChI is InChI=1S/C13H22N2OS/c1-4-16-9-13(2,14-3)12-15-10-7-5-6-8-11(10)17-12/h14H,4-9H2,1-3H3. The molecule has 1 aromatic rings. The van der Waals surface area contributed by atoms with Gasteiger partial charge < -0.3 is 10.1 Å². The summed E-state index contributed by atoms with van der Waals surface area (Å²) < 4.78 is 5.58. The van der Waals surface area contributed by atoms with Crippen molar-refractivity contribution in [1.29, 1.82) is 0 Å². The molecule has 0 radical (unpaired) electrons. The highest BCUT2D eigenvalue weighted by molar-refractivity contribution is 7.11. The molecular weight excluding hydrogens is 232 g/mol. The van der Waals surface area contributed by atoms with Crippen LogP contribution in [-0.2, 0) is 23.1 Å². The molecule has 0 amide bonds. The van der Waals surface area contributed by atoms with Crippen molar-refractivity contribution in [3.63, 3.8) is 0 Å². The molecule has 2 rings (SSSR count). The summed E-state index contributed by atoms with van der Waals surface area (Å²) in [4.78, 5) is 6.31. The molecule has 1 heterocycles. The lowest BCUT2D eigenvalue weighted by Gasteiger charge is -2.26. The predicted octanol–water partition coefficient (Wildman–Crippen LogP) is 2.49. The molecule has 17 heavy (non-hydrogen) atoms. The van der Waals surface area contributed by atoms with Crippen molar-refractivity contribution in [2.24, 2.45) is 0 Å². The fourth-order valence-corrected chi connectivity index (χ4v) is 3.42. The van der Waals surface area contributed by atoms with E-state index in [1.807, 2.05) is 25.3 Å². The maximum Gasteiger partial charge on any atom is 0.115 e. The van der Waals surface area contributed by atoms with Gasteiger partial charge in [-0.2, -0.15) is 0 Å². The van der Waals surface area contributed by atoms with Crippen molar-refractivity contribution >= 4 is 11.3 Å². The zero-order valence-corrected chi connectivity index (χ0v) is 11.8. The number of fused-ring (bicyclic) bond motifs is 1. The van der Waals surface area contributed by atoms with E-state index in [1.54, 1.807) is 0 Å². The Labute approximate surface area is 108 Å². The Morgan fingerprint density at radius 3 is 2.82 bits per heavy atom. The number of hydrogen-bond acceptors (Lipinski definition) is 4. The molecular formula is C13H22N2OS. The summed E-state index contributed by atoms with van der Waals surface area (Å²) in [6, 6.07) is 0. The second kappa shape index (κ2) is 5.46. The molecule has 1 aliphatic rings. The van der Waals surface area contributed by atoms with E-state index in [2.05, 4.69) is 12.2 Å². The third-order valence-corrected chi connectivity index (χ3v) is 4.89. The Kier molecular flexibility index (Phi) is 4.17. The Bertz CT molecular complexity index is 354. The van der Waals surface area contributed by atoms with Crippen molar-refractivity contribution < 1.29 is 4.74 Å². The largest absolute Gasteiger partial charge is 0.379 e. The van der Waals surface area contributed by atoms with Crippen LogP contribution in [0.25, 0.3) is 0 Å². The van der Waals surface area contributed by atoms with Crippen LogP contribution in [0.3, 0.4) is 0 Å². The molecule has 0 aliphatic heterocycles. The van der Waals surface area contributed by atoms with Crippen molar-refractivity contribution in [1.82, 2.24) is 10.3 Å². The van der Waals surface area contributed by atoms with Gasteiger partial charge in [-0.05, 0) is 46.6 Å². The zero-order chi connectivity index (χ0) is 12.3. The van der Waals surface area contributed by atoms with Gasteiger partial charge in [-0.25, -0.2) is 4.98 Å². The number of nitrogens with zero attached hydrogens (tertiary/aromatic N) is 1. The van der Waals surface area contributed by atoms with Crippen LogP contribution < -0.4 is 5.32 Å². The van der Waals surface area contributed by atoms with Gasteiger partial charge in [0.05, 0.1) is 17.8 Å². The van der Waals surface area contributed by atoms with Gasteiger partial charge in [-0.3, -0.25) is 0 Å². The van der Waals surface area contributed by atoms with Gasteiger partial charge >= 0.3 is 0 Å². The van der Waals surface area contributed by atoms with E-state index < -0.39 is 0 Å². The molecule has 4 heteroatoms. The second-order valence-corrected chi connectivity index (χ2v) is 5.90. The van der Waals surface area contributed by atoms with E-state index in [0.29, 0.717) is 6.61 Å². The van der Waals surface area contributed by atoms with Gasteiger partial charge in [0, 0.05) is 11.5 Å². The number of aromatic nitrogens is 1. The average Bonchev–Trinajstić information content (AvgIpc) is 2.80. The van der Waals surface area contributed by atoms with E-state index in [-0.39, 0.29) is 5.54 Å². The molecule has 1 unspecified atom stereocenters. The van der Waals surface area contributed by atoms with Gasteiger partial charge in [-0.15, -0.1) is 11.3 Å². The first kappa shape index (κ1) is 13.0. The Morgan fingerprint density at radius 1 is 1.41 bits per heavy atom. The van der Waals surface area contributed by atoms with Crippen LogP contribution in [0, 0.1) is 0 Å². The topological polar surface area (TPSA) is 34.1 Å². The minimum absolute atomic E-state index is 0.141. The Hall–Kier alpha value is -0.450. The minimum Gasteiger partial charge on any atom is -0.379 e. The molecule has 0 aromatic carbocycles. The molecule has 0 fully saturated rings. The van der Waals surface area contributed by atoms with Crippen LogP contribution in [0.4, 0.5) is 0 Å². The van der Waals surface area contributed by atoms with Gasteiger partial charge in [0.15, 0.2) is 0 Å². The van der Waals surface area contributed by atoms with Crippen LogP contribution in [-0.4, -0.2) is 25.2 Å². The zero-order valence-electron chi connectivity index (χ0n) is 11.0. The van der Waals surface area contributed by atoms with E-state index in [4.69, 9.17) is 9.72 Å². The highest BCUT2D eigenvalue weighted by atomic mass is 32.1. The smallest absolute Gasteiger partial charge is 0.115 e. The van der Waals surface area contributed by atoms with Crippen molar-refractivity contribution in [3.8, 4) is 0 Å². The summed E-state index contributed by atoms with van der Waals surface area (Å²) in [5.41, 5.74) is 1.19. The van der Waals surface area contributed by atoms with Gasteiger partial charge in [0.1, 0.15) is 5.01 Å². The molecule has 0 saturated heterocycles. The van der Waals surface area contributed by atoms with Crippen molar-refractivity contribution in [2.75, 3.05) is 20.3 Å². The summed E-state index contributed by atoms with van der Waals surface area (Å²) in [5, 5.41) is 4.54. The van der Waals surface area contributed by atoms with Crippen molar-refractivity contribution in [3.05, 3.63) is 15.6 Å². The number of rotatable bonds is 5. The summed E-state index contributed by atoms with van der Waals surface area (Å²) in [6.07, 6.45) is 4.97. The van der Waals surface area contributed by atoms with Crippen LogP contribution in [0.5, 0.6) is 0 Å². The third-order valence-electron chi connectivity index (χ3n) is 3.46. The molecule has 1 aliphatic carbocycles. The van der Waals surface area contributed by atoms with Gasteiger partial charge in [0.25, 0.3) is 0 Å². The molecule has 0 spiro atoms. The minimum atomic E-state index is -0.141. The Balaban J connectivity index is 2.21. The summed E-state index contributed by atoms with van der Waals surface area (Å²) in [5.74, 6) is 0. The summed E-state index contributed by atoms with van der Waals surface area (Å²) in [6.45, 7) is 5.64. The summed E-state index contributed by atoms with van der Waals surface area (Å²) in [7, 11) is 1.99. The van der Waals surface area contributed by atoms with Gasteiger partial charge in [0.2, 0.25) is 0 Å². The Morgan fingerprint density at radius 2 is 2.18 bits per heavy atom. The average molecular weight is 254 g/mol. The number of hydrogen-bond donors (Lipinski definition) is 1. The second-order valence-electron chi connectivity index (χ2n) is 4.82. The third kappa shape index (κ3) is 2.69. The van der Waals surface area contributed by atoms with Gasteiger partial charge in [-0.1, -0.05) is 0 Å². The lowest BCUT2D eigenvalue weighted by atomic mass is 10.0. The fourth-order valence-electron chi connectivity index (χ4n) is 2.14. The fraction of sp³-hybridized carbons (Fsp3) is 0.769. The number of ether oxygens (including phenoxy) is 1. The van der Waals surface area contributed by atoms with E-state index >= 15 is 0 Å². The predicted molar refractivity (Wildman–Crippen MR) is 71.7 cm³/mol. The molecule has 1 N–H and O–H groups in total. The lowest BCUT2D eigenvalue weighted by Crippen LogP contribution is -2.41. The summed E-state index contributed by atoms with van der Waals surface area (Å²) >= 11 is 1.86. The molecule has 0 saturated carbocycles. The first-order valence-electron chi connectivity index (χ1n) is 6.45. The van der Waals surface area contributed by atoms with E-state index in [0.717, 1.165) is 13.0 Å². The maximum atomic E-state index is 5.58. The first-order valence-corrected chi connectivity index (χ1v) is 7.27. The van der Waals surface area contributed by atoms with Crippen molar-refractivity contribution in [2.45, 2.75) is 45.1 Å². The molecule has 96 valence electrons. The molecule has 1 atom stereocenters. The highest BCUT2D eigenvalue weighted by Gasteiger charge is 2.30. The molecule has 1 aromatic heterocycles. The van der Waals surface area contributed by atoms with Crippen LogP contribution >= 0.6 is 11.3 Å².